The van der Waals surface area contributed by atoms with Gasteiger partial charge in [0.15, 0.2) is 0 Å². The molecule has 0 rings (SSSR count). The lowest BCUT2D eigenvalue weighted by Crippen LogP contribution is -2.42. The van der Waals surface area contributed by atoms with Crippen molar-refractivity contribution in [3.8, 4) is 0 Å². The van der Waals surface area contributed by atoms with Crippen molar-refractivity contribution in [3.63, 3.8) is 0 Å². The third-order valence-corrected chi connectivity index (χ3v) is 2.54. The third-order valence-electron chi connectivity index (χ3n) is 2.54. The number of hydrogen-bond donors (Lipinski definition) is 1. The minimum absolute atomic E-state index is 0.00588. The highest BCUT2D eigenvalue weighted by atomic mass is 16.5. The summed E-state index contributed by atoms with van der Waals surface area (Å²) in [4.78, 5) is 15.2. The molecule has 1 unspecified atom stereocenters. The summed E-state index contributed by atoms with van der Waals surface area (Å²) in [6, 6.07) is 0.334. The molecule has 0 saturated carbocycles. The molecule has 0 fully saturated rings. The predicted molar refractivity (Wildman–Crippen MR) is 63.3 cm³/mol. The molecule has 0 saturated heterocycles. The first kappa shape index (κ1) is 15.3. The van der Waals surface area contributed by atoms with Crippen LogP contribution in [0.25, 0.3) is 0 Å². The molecule has 1 atom stereocenters. The van der Waals surface area contributed by atoms with E-state index < -0.39 is 6.10 Å². The molecule has 1 N–H and O–H groups in total. The average molecular weight is 232 g/mol. The van der Waals surface area contributed by atoms with Gasteiger partial charge in [-0.05, 0) is 20.9 Å². The zero-order chi connectivity index (χ0) is 12.7. The molecule has 0 aromatic heterocycles. The van der Waals surface area contributed by atoms with Gasteiger partial charge in [-0.3, -0.25) is 9.69 Å². The summed E-state index contributed by atoms with van der Waals surface area (Å²) in [7, 11) is 5.12. The molecule has 1 amide bonds. The van der Waals surface area contributed by atoms with Crippen LogP contribution in [0.15, 0.2) is 0 Å². The third kappa shape index (κ3) is 6.05. The number of hydrogen-bond acceptors (Lipinski definition) is 4. The Morgan fingerprint density at radius 2 is 1.94 bits per heavy atom. The van der Waals surface area contributed by atoms with E-state index in [0.717, 1.165) is 0 Å². The van der Waals surface area contributed by atoms with Gasteiger partial charge in [0.05, 0.1) is 19.3 Å². The van der Waals surface area contributed by atoms with E-state index in [9.17, 15) is 9.90 Å². The Morgan fingerprint density at radius 3 is 2.38 bits per heavy atom. The van der Waals surface area contributed by atoms with E-state index in [1.54, 1.807) is 7.05 Å². The van der Waals surface area contributed by atoms with E-state index in [2.05, 4.69) is 0 Å². The molecule has 5 heteroatoms. The summed E-state index contributed by atoms with van der Waals surface area (Å²) >= 11 is 0. The smallest absolute Gasteiger partial charge is 0.236 e. The zero-order valence-electron chi connectivity index (χ0n) is 10.9. The SMILES string of the molecule is COCC(O)CN(C)C(=O)CN(C)C(C)C. The highest BCUT2D eigenvalue weighted by Gasteiger charge is 2.16. The Balaban J connectivity index is 3.99. The number of rotatable bonds is 7. The number of likely N-dealkylation sites (N-methyl/N-ethyl adjacent to an activating group) is 2. The molecule has 16 heavy (non-hydrogen) atoms. The quantitative estimate of drug-likeness (QED) is 0.660. The lowest BCUT2D eigenvalue weighted by molar-refractivity contribution is -0.132. The summed E-state index contributed by atoms with van der Waals surface area (Å²) in [5.74, 6) is 0.00588. The lowest BCUT2D eigenvalue weighted by Gasteiger charge is -2.25. The molecular weight excluding hydrogens is 208 g/mol. The molecule has 0 aliphatic heterocycles. The average Bonchev–Trinajstić information content (AvgIpc) is 2.17. The first-order valence-corrected chi connectivity index (χ1v) is 5.49. The van der Waals surface area contributed by atoms with Gasteiger partial charge < -0.3 is 14.7 Å². The van der Waals surface area contributed by atoms with E-state index in [0.29, 0.717) is 19.1 Å². The minimum atomic E-state index is -0.622. The number of carbonyl (C=O) groups excluding carboxylic acids is 1. The number of amides is 1. The van der Waals surface area contributed by atoms with Crippen molar-refractivity contribution in [1.82, 2.24) is 9.80 Å². The number of methoxy groups -OCH3 is 1. The fourth-order valence-corrected chi connectivity index (χ4v) is 1.18. The molecule has 0 aliphatic rings. The van der Waals surface area contributed by atoms with Gasteiger partial charge in [0.2, 0.25) is 5.91 Å². The van der Waals surface area contributed by atoms with Gasteiger partial charge in [-0.1, -0.05) is 0 Å². The molecule has 0 heterocycles. The van der Waals surface area contributed by atoms with Gasteiger partial charge in [-0.2, -0.15) is 0 Å². The summed E-state index contributed by atoms with van der Waals surface area (Å²) in [6.07, 6.45) is -0.622. The maximum Gasteiger partial charge on any atom is 0.236 e. The van der Waals surface area contributed by atoms with Gasteiger partial charge in [-0.25, -0.2) is 0 Å². The van der Waals surface area contributed by atoms with Crippen molar-refractivity contribution in [3.05, 3.63) is 0 Å². The van der Waals surface area contributed by atoms with Crippen molar-refractivity contribution >= 4 is 5.91 Å². The number of aliphatic hydroxyl groups excluding tert-OH is 1. The van der Waals surface area contributed by atoms with Crippen molar-refractivity contribution < 1.29 is 14.6 Å². The maximum atomic E-state index is 11.7. The summed E-state index contributed by atoms with van der Waals surface area (Å²) in [6.45, 7) is 4.99. The number of ether oxygens (including phenoxy) is 1. The summed E-state index contributed by atoms with van der Waals surface area (Å²) in [5.41, 5.74) is 0. The van der Waals surface area contributed by atoms with Gasteiger partial charge in [0.1, 0.15) is 0 Å². The molecule has 5 nitrogen and oxygen atoms in total. The Morgan fingerprint density at radius 1 is 1.38 bits per heavy atom. The molecule has 0 aromatic carbocycles. The largest absolute Gasteiger partial charge is 0.389 e. The van der Waals surface area contributed by atoms with Crippen LogP contribution in [0.2, 0.25) is 0 Å². The Bertz CT molecular complexity index is 209. The fraction of sp³-hybridized carbons (Fsp3) is 0.909. The molecule has 0 bridgehead atoms. The molecule has 96 valence electrons. The molecule has 0 aliphatic carbocycles. The molecule has 0 aromatic rings. The zero-order valence-corrected chi connectivity index (χ0v) is 10.9. The van der Waals surface area contributed by atoms with Crippen LogP contribution in [0, 0.1) is 0 Å². The second-order valence-electron chi connectivity index (χ2n) is 4.39. The van der Waals surface area contributed by atoms with Crippen LogP contribution >= 0.6 is 0 Å². The van der Waals surface area contributed by atoms with Crippen LogP contribution in [0.5, 0.6) is 0 Å². The highest BCUT2D eigenvalue weighted by molar-refractivity contribution is 5.78. The monoisotopic (exact) mass is 232 g/mol. The highest BCUT2D eigenvalue weighted by Crippen LogP contribution is 1.97. The minimum Gasteiger partial charge on any atom is -0.389 e. The number of aliphatic hydroxyl groups is 1. The van der Waals surface area contributed by atoms with Gasteiger partial charge >= 0.3 is 0 Å². The second-order valence-corrected chi connectivity index (χ2v) is 4.39. The molecule has 0 spiro atoms. The Hall–Kier alpha value is -0.650. The molecular formula is C11H24N2O3. The van der Waals surface area contributed by atoms with Gasteiger partial charge in [-0.15, -0.1) is 0 Å². The first-order valence-electron chi connectivity index (χ1n) is 5.49. The van der Waals surface area contributed by atoms with Crippen LogP contribution in [0.3, 0.4) is 0 Å². The Labute approximate surface area is 98.0 Å². The normalized spacial score (nSPS) is 13.2. The van der Waals surface area contributed by atoms with Crippen LogP contribution in [-0.2, 0) is 9.53 Å². The van der Waals surface area contributed by atoms with E-state index in [-0.39, 0.29) is 12.5 Å². The number of carbonyl (C=O) groups is 1. The van der Waals surface area contributed by atoms with Gasteiger partial charge in [0, 0.05) is 26.7 Å². The standard InChI is InChI=1S/C11H24N2O3/c1-9(2)12(3)7-11(15)13(4)6-10(14)8-16-5/h9-10,14H,6-8H2,1-5H3. The van der Waals surface area contributed by atoms with Crippen LogP contribution in [0.4, 0.5) is 0 Å². The lowest BCUT2D eigenvalue weighted by atomic mass is 10.3. The van der Waals surface area contributed by atoms with E-state index in [1.165, 1.54) is 12.0 Å². The van der Waals surface area contributed by atoms with Crippen molar-refractivity contribution in [2.45, 2.75) is 26.0 Å². The van der Waals surface area contributed by atoms with Crippen LogP contribution in [0.1, 0.15) is 13.8 Å². The van der Waals surface area contributed by atoms with Gasteiger partial charge in [0.25, 0.3) is 0 Å². The van der Waals surface area contributed by atoms with E-state index >= 15 is 0 Å². The predicted octanol–water partition coefficient (Wildman–Crippen LogP) is -0.208. The van der Waals surface area contributed by atoms with E-state index in [4.69, 9.17) is 4.74 Å². The second kappa shape index (κ2) is 7.60. The summed E-state index contributed by atoms with van der Waals surface area (Å²) in [5, 5.41) is 9.48. The fourth-order valence-electron chi connectivity index (χ4n) is 1.18. The molecule has 0 radical (unpaired) electrons. The topological polar surface area (TPSA) is 53.0 Å². The van der Waals surface area contributed by atoms with E-state index in [1.807, 2.05) is 25.8 Å². The van der Waals surface area contributed by atoms with Crippen LogP contribution < -0.4 is 0 Å². The summed E-state index contributed by atoms with van der Waals surface area (Å²) < 4.78 is 4.81. The van der Waals surface area contributed by atoms with Crippen molar-refractivity contribution in [2.24, 2.45) is 0 Å². The van der Waals surface area contributed by atoms with Crippen molar-refractivity contribution in [2.75, 3.05) is 40.9 Å². The number of nitrogens with zero attached hydrogens (tertiary/aromatic N) is 2. The van der Waals surface area contributed by atoms with Crippen LogP contribution in [-0.4, -0.2) is 73.9 Å². The van der Waals surface area contributed by atoms with Crippen molar-refractivity contribution in [1.29, 1.82) is 0 Å². The first-order chi connectivity index (χ1) is 7.38. The maximum absolute atomic E-state index is 11.7. The Kier molecular flexibility index (Phi) is 7.29.